The average molecular weight is 409 g/mol. The molecule has 0 saturated carbocycles. The van der Waals surface area contributed by atoms with Crippen LogP contribution >= 0.6 is 11.6 Å². The van der Waals surface area contributed by atoms with Crippen molar-refractivity contribution in [1.82, 2.24) is 14.2 Å². The van der Waals surface area contributed by atoms with Crippen molar-refractivity contribution < 1.29 is 4.79 Å². The van der Waals surface area contributed by atoms with Crippen LogP contribution in [0, 0.1) is 13.8 Å². The lowest BCUT2D eigenvalue weighted by Crippen LogP contribution is -2.29. The second kappa shape index (κ2) is 7.37. The summed E-state index contributed by atoms with van der Waals surface area (Å²) in [6.07, 6.45) is 0.560. The van der Waals surface area contributed by atoms with Crippen LogP contribution in [-0.2, 0) is 4.79 Å². The fourth-order valence-electron chi connectivity index (χ4n) is 3.74. The molecule has 2 heterocycles. The van der Waals surface area contributed by atoms with E-state index < -0.39 is 6.04 Å². The molecule has 0 fully saturated rings. The number of nitrogens with zero attached hydrogens (tertiary/aromatic N) is 3. The Balaban J connectivity index is 1.90. The summed E-state index contributed by atoms with van der Waals surface area (Å²) in [6, 6.07) is 14.1. The van der Waals surface area contributed by atoms with Crippen molar-refractivity contribution >= 4 is 39.7 Å². The molecular weight excluding hydrogens is 388 g/mol. The van der Waals surface area contributed by atoms with Crippen LogP contribution in [0.3, 0.4) is 0 Å². The first-order valence-corrected chi connectivity index (χ1v) is 9.85. The van der Waals surface area contributed by atoms with E-state index in [1.54, 1.807) is 6.07 Å². The summed E-state index contributed by atoms with van der Waals surface area (Å²) in [5.74, 6) is -0.154. The van der Waals surface area contributed by atoms with E-state index in [2.05, 4.69) is 10.3 Å². The summed E-state index contributed by atoms with van der Waals surface area (Å²) in [5.41, 5.74) is 3.33. The smallest absolute Gasteiger partial charge is 0.273 e. The monoisotopic (exact) mass is 408 g/mol. The van der Waals surface area contributed by atoms with E-state index in [-0.39, 0.29) is 11.5 Å². The molecule has 0 aliphatic heterocycles. The maximum Gasteiger partial charge on any atom is 0.273 e. The van der Waals surface area contributed by atoms with Crippen molar-refractivity contribution in [1.29, 1.82) is 0 Å². The SMILES string of the molecule is CC[C@H](C(=O)Nc1cccc(Cl)c1C)n1c2ccccc2c2nc(=O)cc(C)n21. The average Bonchev–Trinajstić information content (AvgIpc) is 3.01. The number of para-hydroxylation sites is 1. The van der Waals surface area contributed by atoms with Crippen LogP contribution in [0.2, 0.25) is 5.02 Å². The molecule has 29 heavy (non-hydrogen) atoms. The van der Waals surface area contributed by atoms with Gasteiger partial charge >= 0.3 is 0 Å². The number of amides is 1. The summed E-state index contributed by atoms with van der Waals surface area (Å²) in [6.45, 7) is 5.68. The minimum absolute atomic E-state index is 0.154. The summed E-state index contributed by atoms with van der Waals surface area (Å²) in [7, 11) is 0. The number of anilines is 1. The third-order valence-corrected chi connectivity index (χ3v) is 5.61. The lowest BCUT2D eigenvalue weighted by atomic mass is 10.1. The molecule has 0 bridgehead atoms. The van der Waals surface area contributed by atoms with Crippen LogP contribution in [0.1, 0.15) is 30.6 Å². The van der Waals surface area contributed by atoms with Gasteiger partial charge in [0.2, 0.25) is 5.91 Å². The first kappa shape index (κ1) is 19.2. The van der Waals surface area contributed by atoms with Crippen molar-refractivity contribution in [2.75, 3.05) is 5.32 Å². The number of fused-ring (bicyclic) bond motifs is 3. The number of carbonyl (C=O) groups is 1. The van der Waals surface area contributed by atoms with E-state index in [1.807, 2.05) is 66.4 Å². The summed E-state index contributed by atoms with van der Waals surface area (Å²) in [5, 5.41) is 4.44. The number of aryl methyl sites for hydroxylation is 1. The highest BCUT2D eigenvalue weighted by molar-refractivity contribution is 6.31. The van der Waals surface area contributed by atoms with Gasteiger partial charge in [0.1, 0.15) is 6.04 Å². The first-order chi connectivity index (χ1) is 13.9. The van der Waals surface area contributed by atoms with Crippen LogP contribution < -0.4 is 10.9 Å². The number of halogens is 1. The van der Waals surface area contributed by atoms with Crippen molar-refractivity contribution in [3.05, 3.63) is 75.2 Å². The van der Waals surface area contributed by atoms with Gasteiger partial charge in [-0.1, -0.05) is 36.7 Å². The maximum absolute atomic E-state index is 13.3. The molecule has 2 aromatic carbocycles. The van der Waals surface area contributed by atoms with Crippen LogP contribution in [0.25, 0.3) is 16.6 Å². The predicted octanol–water partition coefficient (Wildman–Crippen LogP) is 4.51. The Morgan fingerprint density at radius 1 is 1.17 bits per heavy atom. The Morgan fingerprint density at radius 3 is 2.69 bits per heavy atom. The van der Waals surface area contributed by atoms with E-state index in [0.717, 1.165) is 22.2 Å². The van der Waals surface area contributed by atoms with Gasteiger partial charge in [-0.25, -0.2) is 4.52 Å². The Morgan fingerprint density at radius 2 is 1.93 bits per heavy atom. The van der Waals surface area contributed by atoms with Crippen molar-refractivity contribution in [3.8, 4) is 0 Å². The van der Waals surface area contributed by atoms with Gasteiger partial charge in [-0.2, -0.15) is 4.98 Å². The molecule has 148 valence electrons. The molecule has 7 heteroatoms. The molecule has 1 N–H and O–H groups in total. The van der Waals surface area contributed by atoms with Crippen LogP contribution in [-0.4, -0.2) is 20.1 Å². The van der Waals surface area contributed by atoms with Crippen molar-refractivity contribution in [2.45, 2.75) is 33.2 Å². The summed E-state index contributed by atoms with van der Waals surface area (Å²) < 4.78 is 3.77. The zero-order chi connectivity index (χ0) is 20.7. The third kappa shape index (κ3) is 3.19. The van der Waals surface area contributed by atoms with Crippen molar-refractivity contribution in [2.24, 2.45) is 0 Å². The van der Waals surface area contributed by atoms with Gasteiger partial charge in [-0.15, -0.1) is 0 Å². The van der Waals surface area contributed by atoms with E-state index in [0.29, 0.717) is 22.8 Å². The molecule has 1 atom stereocenters. The predicted molar refractivity (Wildman–Crippen MR) is 116 cm³/mol. The zero-order valence-electron chi connectivity index (χ0n) is 16.4. The zero-order valence-corrected chi connectivity index (χ0v) is 17.2. The van der Waals surface area contributed by atoms with Gasteiger partial charge in [0, 0.05) is 27.9 Å². The van der Waals surface area contributed by atoms with E-state index in [9.17, 15) is 9.59 Å². The highest BCUT2D eigenvalue weighted by Gasteiger charge is 2.25. The summed E-state index contributed by atoms with van der Waals surface area (Å²) in [4.78, 5) is 29.5. The lowest BCUT2D eigenvalue weighted by Gasteiger charge is -2.21. The topological polar surface area (TPSA) is 68.4 Å². The maximum atomic E-state index is 13.3. The second-order valence-electron chi connectivity index (χ2n) is 7.06. The largest absolute Gasteiger partial charge is 0.324 e. The minimum Gasteiger partial charge on any atom is -0.324 e. The fourth-order valence-corrected chi connectivity index (χ4v) is 3.92. The molecule has 4 rings (SSSR count). The molecule has 4 aromatic rings. The van der Waals surface area contributed by atoms with Gasteiger partial charge in [-0.05, 0) is 50.1 Å². The molecule has 0 unspecified atom stereocenters. The van der Waals surface area contributed by atoms with Gasteiger partial charge in [0.25, 0.3) is 5.56 Å². The molecular formula is C22H21ClN4O2. The highest BCUT2D eigenvalue weighted by atomic mass is 35.5. The van der Waals surface area contributed by atoms with Crippen LogP contribution in [0.4, 0.5) is 5.69 Å². The second-order valence-corrected chi connectivity index (χ2v) is 7.47. The number of benzene rings is 2. The Hall–Kier alpha value is -3.12. The molecule has 2 aromatic heterocycles. The summed E-state index contributed by atoms with van der Waals surface area (Å²) >= 11 is 6.20. The number of nitrogens with one attached hydrogen (secondary N) is 1. The van der Waals surface area contributed by atoms with Gasteiger partial charge in [0.05, 0.1) is 5.52 Å². The number of carbonyl (C=O) groups excluding carboxylic acids is 1. The lowest BCUT2D eigenvalue weighted by molar-refractivity contribution is -0.119. The molecule has 0 spiro atoms. The highest BCUT2D eigenvalue weighted by Crippen LogP contribution is 2.28. The van der Waals surface area contributed by atoms with E-state index >= 15 is 0 Å². The normalized spacial score (nSPS) is 12.4. The molecule has 1 amide bonds. The molecule has 6 nitrogen and oxygen atoms in total. The number of rotatable bonds is 4. The minimum atomic E-state index is -0.501. The Kier molecular flexibility index (Phi) is 4.88. The van der Waals surface area contributed by atoms with E-state index in [1.165, 1.54) is 6.07 Å². The number of hydrogen-bond donors (Lipinski definition) is 1. The van der Waals surface area contributed by atoms with Gasteiger partial charge < -0.3 is 5.32 Å². The Labute approximate surface area is 172 Å². The molecule has 0 saturated heterocycles. The quantitative estimate of drug-likeness (QED) is 0.540. The van der Waals surface area contributed by atoms with Crippen LogP contribution in [0.5, 0.6) is 0 Å². The number of aromatic nitrogens is 3. The molecule has 0 radical (unpaired) electrons. The third-order valence-electron chi connectivity index (χ3n) is 5.20. The molecule has 0 aliphatic carbocycles. The van der Waals surface area contributed by atoms with Gasteiger partial charge in [0.15, 0.2) is 5.65 Å². The standard InChI is InChI=1S/C22H21ClN4O2/c1-4-18(22(29)24-17-10-7-9-16(23)14(17)3)27-19-11-6-5-8-15(19)21-25-20(28)12-13(2)26(21)27/h5-12,18H,4H2,1-3H3,(H,24,29)/t18-/m1/s1. The fraction of sp³-hybridized carbons (Fsp3) is 0.227. The molecule has 0 aliphatic rings. The van der Waals surface area contributed by atoms with Crippen LogP contribution in [0.15, 0.2) is 53.3 Å². The Bertz CT molecular complexity index is 1310. The number of hydrogen-bond acceptors (Lipinski definition) is 3. The first-order valence-electron chi connectivity index (χ1n) is 9.48. The van der Waals surface area contributed by atoms with E-state index in [4.69, 9.17) is 11.6 Å². The van der Waals surface area contributed by atoms with Gasteiger partial charge in [-0.3, -0.25) is 14.3 Å². The van der Waals surface area contributed by atoms with Crippen molar-refractivity contribution in [3.63, 3.8) is 0 Å².